The van der Waals surface area contributed by atoms with Crippen molar-refractivity contribution >= 4 is 17.6 Å². The monoisotopic (exact) mass is 306 g/mol. The normalized spacial score (nSPS) is 12.4. The average Bonchev–Trinajstić information content (AvgIpc) is 2.91. The van der Waals surface area contributed by atoms with E-state index in [4.69, 9.17) is 16.3 Å². The summed E-state index contributed by atoms with van der Waals surface area (Å²) < 4.78 is 7.52. The smallest absolute Gasteiger partial charge is 0.306 e. The molecule has 1 atom stereocenters. The van der Waals surface area contributed by atoms with Gasteiger partial charge >= 0.3 is 5.97 Å². The predicted molar refractivity (Wildman–Crippen MR) is 82.0 cm³/mol. The van der Waals surface area contributed by atoms with E-state index < -0.39 is 0 Å². The zero-order valence-electron chi connectivity index (χ0n) is 12.2. The molecular formula is C16H19ClN2O2. The molecule has 2 rings (SSSR count). The molecule has 1 aromatic heterocycles. The van der Waals surface area contributed by atoms with Crippen LogP contribution in [0.15, 0.2) is 43.0 Å². The lowest BCUT2D eigenvalue weighted by atomic mass is 10.1. The number of nitrogens with zero attached hydrogens (tertiary/aromatic N) is 2. The molecule has 0 fully saturated rings. The highest BCUT2D eigenvalue weighted by Crippen LogP contribution is 2.23. The molecule has 0 aliphatic heterocycles. The van der Waals surface area contributed by atoms with Crippen LogP contribution in [0.4, 0.5) is 0 Å². The molecule has 0 N–H and O–H groups in total. The zero-order chi connectivity index (χ0) is 15.2. The number of carbonyl (C=O) groups is 1. The minimum absolute atomic E-state index is 0.190. The molecule has 2 aromatic rings. The maximum absolute atomic E-state index is 12.0. The van der Waals surface area contributed by atoms with Crippen molar-refractivity contribution in [3.8, 4) is 0 Å². The minimum Gasteiger partial charge on any atom is -0.456 e. The third-order valence-corrected chi connectivity index (χ3v) is 3.28. The SMILES string of the molecule is CC(C)CC(=O)OC(Cn1ccnc1)c1ccc(Cl)cc1. The van der Waals surface area contributed by atoms with Crippen molar-refractivity contribution < 1.29 is 9.53 Å². The van der Waals surface area contributed by atoms with Gasteiger partial charge in [0.25, 0.3) is 0 Å². The highest BCUT2D eigenvalue weighted by atomic mass is 35.5. The number of imidazole rings is 1. The Labute approximate surface area is 129 Å². The lowest BCUT2D eigenvalue weighted by Gasteiger charge is -2.19. The van der Waals surface area contributed by atoms with E-state index >= 15 is 0 Å². The van der Waals surface area contributed by atoms with Crippen molar-refractivity contribution in [2.75, 3.05) is 0 Å². The van der Waals surface area contributed by atoms with E-state index in [1.54, 1.807) is 24.7 Å². The van der Waals surface area contributed by atoms with Gasteiger partial charge in [0.1, 0.15) is 6.10 Å². The Morgan fingerprint density at radius 2 is 2.05 bits per heavy atom. The molecule has 0 radical (unpaired) electrons. The lowest BCUT2D eigenvalue weighted by molar-refractivity contribution is -0.151. The van der Waals surface area contributed by atoms with Gasteiger partial charge in [-0.25, -0.2) is 4.98 Å². The van der Waals surface area contributed by atoms with Crippen LogP contribution < -0.4 is 0 Å². The van der Waals surface area contributed by atoms with Gasteiger partial charge in [-0.2, -0.15) is 0 Å². The van der Waals surface area contributed by atoms with E-state index in [9.17, 15) is 4.79 Å². The van der Waals surface area contributed by atoms with Gasteiger partial charge in [0.05, 0.1) is 12.9 Å². The Bertz CT molecular complexity index is 564. The number of esters is 1. The molecule has 1 aromatic carbocycles. The van der Waals surface area contributed by atoms with E-state index in [1.807, 2.05) is 36.7 Å². The fourth-order valence-corrected chi connectivity index (χ4v) is 2.14. The molecule has 1 unspecified atom stereocenters. The summed E-state index contributed by atoms with van der Waals surface area (Å²) in [4.78, 5) is 16.0. The van der Waals surface area contributed by atoms with Crippen LogP contribution in [0.5, 0.6) is 0 Å². The number of rotatable bonds is 6. The van der Waals surface area contributed by atoms with E-state index in [0.29, 0.717) is 18.0 Å². The Hall–Kier alpha value is -1.81. The molecule has 5 heteroatoms. The zero-order valence-corrected chi connectivity index (χ0v) is 13.0. The molecule has 0 aliphatic rings. The van der Waals surface area contributed by atoms with E-state index in [2.05, 4.69) is 4.98 Å². The molecule has 0 spiro atoms. The van der Waals surface area contributed by atoms with E-state index in [-0.39, 0.29) is 18.0 Å². The quantitative estimate of drug-likeness (QED) is 0.761. The van der Waals surface area contributed by atoms with Gasteiger partial charge in [-0.3, -0.25) is 4.79 Å². The fraction of sp³-hybridized carbons (Fsp3) is 0.375. The summed E-state index contributed by atoms with van der Waals surface area (Å²) in [5, 5.41) is 0.661. The van der Waals surface area contributed by atoms with Crippen molar-refractivity contribution in [1.29, 1.82) is 0 Å². The van der Waals surface area contributed by atoms with Gasteiger partial charge < -0.3 is 9.30 Å². The van der Waals surface area contributed by atoms with E-state index in [0.717, 1.165) is 5.56 Å². The summed E-state index contributed by atoms with van der Waals surface area (Å²) in [6.45, 7) is 4.52. The Morgan fingerprint density at radius 1 is 1.33 bits per heavy atom. The van der Waals surface area contributed by atoms with Crippen LogP contribution in [0.2, 0.25) is 5.02 Å². The first-order chi connectivity index (χ1) is 10.0. The molecule has 21 heavy (non-hydrogen) atoms. The second-order valence-corrected chi connectivity index (χ2v) is 5.82. The second kappa shape index (κ2) is 7.27. The van der Waals surface area contributed by atoms with Gasteiger partial charge in [-0.15, -0.1) is 0 Å². The van der Waals surface area contributed by atoms with Crippen LogP contribution in [-0.4, -0.2) is 15.5 Å². The number of carbonyl (C=O) groups excluding carboxylic acids is 1. The predicted octanol–water partition coefficient (Wildman–Crippen LogP) is 3.87. The van der Waals surface area contributed by atoms with Crippen LogP contribution in [0.1, 0.15) is 31.9 Å². The fourth-order valence-electron chi connectivity index (χ4n) is 2.01. The van der Waals surface area contributed by atoms with Crippen LogP contribution in [0, 0.1) is 5.92 Å². The number of halogens is 1. The van der Waals surface area contributed by atoms with Crippen molar-refractivity contribution in [2.24, 2.45) is 5.92 Å². The molecular weight excluding hydrogens is 288 g/mol. The molecule has 112 valence electrons. The molecule has 1 heterocycles. The first-order valence-electron chi connectivity index (χ1n) is 6.95. The van der Waals surface area contributed by atoms with Crippen molar-refractivity contribution in [2.45, 2.75) is 32.9 Å². The summed E-state index contributed by atoms with van der Waals surface area (Å²) in [5.41, 5.74) is 0.921. The third kappa shape index (κ3) is 4.90. The van der Waals surface area contributed by atoms with Gasteiger partial charge in [0, 0.05) is 23.8 Å². The highest BCUT2D eigenvalue weighted by Gasteiger charge is 2.18. The van der Waals surface area contributed by atoms with Gasteiger partial charge in [0.15, 0.2) is 0 Å². The summed E-state index contributed by atoms with van der Waals surface area (Å²) in [5.74, 6) is 0.0849. The Morgan fingerprint density at radius 3 is 2.62 bits per heavy atom. The summed E-state index contributed by atoms with van der Waals surface area (Å²) in [7, 11) is 0. The molecule has 0 saturated carbocycles. The Kier molecular flexibility index (Phi) is 5.39. The van der Waals surface area contributed by atoms with Crippen molar-refractivity contribution in [3.63, 3.8) is 0 Å². The van der Waals surface area contributed by atoms with Crippen LogP contribution in [0.25, 0.3) is 0 Å². The largest absolute Gasteiger partial charge is 0.456 e. The summed E-state index contributed by atoms with van der Waals surface area (Å²) in [6, 6.07) is 7.36. The Balaban J connectivity index is 2.13. The number of benzene rings is 1. The highest BCUT2D eigenvalue weighted by molar-refractivity contribution is 6.30. The first-order valence-corrected chi connectivity index (χ1v) is 7.33. The molecule has 4 nitrogen and oxygen atoms in total. The van der Waals surface area contributed by atoms with Crippen LogP contribution in [0.3, 0.4) is 0 Å². The number of ether oxygens (including phenoxy) is 1. The van der Waals surface area contributed by atoms with Crippen LogP contribution >= 0.6 is 11.6 Å². The third-order valence-electron chi connectivity index (χ3n) is 3.03. The summed E-state index contributed by atoms with van der Waals surface area (Å²) >= 11 is 5.91. The number of hydrogen-bond acceptors (Lipinski definition) is 3. The second-order valence-electron chi connectivity index (χ2n) is 5.39. The van der Waals surface area contributed by atoms with Crippen molar-refractivity contribution in [1.82, 2.24) is 9.55 Å². The van der Waals surface area contributed by atoms with Crippen molar-refractivity contribution in [3.05, 3.63) is 53.6 Å². The van der Waals surface area contributed by atoms with Gasteiger partial charge in [-0.05, 0) is 23.6 Å². The summed E-state index contributed by atoms with van der Waals surface area (Å²) in [6.07, 6.45) is 5.32. The lowest BCUT2D eigenvalue weighted by Crippen LogP contribution is -2.17. The number of hydrogen-bond donors (Lipinski definition) is 0. The standard InChI is InChI=1S/C16H19ClN2O2/c1-12(2)9-16(20)21-15(10-19-8-7-18-11-19)13-3-5-14(17)6-4-13/h3-8,11-12,15H,9-10H2,1-2H3. The topological polar surface area (TPSA) is 44.1 Å². The van der Waals surface area contributed by atoms with Gasteiger partial charge in [0.2, 0.25) is 0 Å². The maximum Gasteiger partial charge on any atom is 0.306 e. The number of aromatic nitrogens is 2. The molecule has 0 amide bonds. The average molecular weight is 307 g/mol. The molecule has 0 bridgehead atoms. The van der Waals surface area contributed by atoms with Crippen LogP contribution in [-0.2, 0) is 16.1 Å². The molecule has 0 aliphatic carbocycles. The minimum atomic E-state index is -0.345. The molecule has 0 saturated heterocycles. The van der Waals surface area contributed by atoms with Gasteiger partial charge in [-0.1, -0.05) is 37.6 Å². The van der Waals surface area contributed by atoms with E-state index in [1.165, 1.54) is 0 Å². The maximum atomic E-state index is 12.0. The first kappa shape index (κ1) is 15.6.